The highest BCUT2D eigenvalue weighted by atomic mass is 32.2. The summed E-state index contributed by atoms with van der Waals surface area (Å²) in [6, 6.07) is 5.83. The van der Waals surface area contributed by atoms with Crippen LogP contribution in [0.3, 0.4) is 0 Å². The second kappa shape index (κ2) is 8.34. The van der Waals surface area contributed by atoms with E-state index >= 15 is 0 Å². The Bertz CT molecular complexity index is 1210. The van der Waals surface area contributed by atoms with E-state index in [1.807, 2.05) is 6.92 Å². The second-order valence-electron chi connectivity index (χ2n) is 6.50. The largest absolute Gasteiger partial charge is 0.462 e. The molecule has 8 nitrogen and oxygen atoms in total. The quantitative estimate of drug-likeness (QED) is 0.451. The smallest absolute Gasteiger partial charge is 0.338 e. The van der Waals surface area contributed by atoms with Crippen LogP contribution in [-0.2, 0) is 14.8 Å². The number of ether oxygens (including phenoxy) is 1. The molecule has 2 heterocycles. The Morgan fingerprint density at radius 3 is 2.59 bits per heavy atom. The van der Waals surface area contributed by atoms with Crippen LogP contribution in [0, 0.1) is 13.8 Å². The lowest BCUT2D eigenvalue weighted by Gasteiger charge is -2.10. The van der Waals surface area contributed by atoms with Crippen molar-refractivity contribution in [3.8, 4) is 0 Å². The lowest BCUT2D eigenvalue weighted by molar-refractivity contribution is 0.0500. The van der Waals surface area contributed by atoms with Gasteiger partial charge >= 0.3 is 5.97 Å². The molecule has 0 saturated heterocycles. The molecular formula is C19H21N3O5S2. The van der Waals surface area contributed by atoms with Gasteiger partial charge in [0.1, 0.15) is 0 Å². The maximum atomic E-state index is 12.9. The van der Waals surface area contributed by atoms with Crippen molar-refractivity contribution in [3.05, 3.63) is 57.0 Å². The molecule has 3 rings (SSSR count). The maximum absolute atomic E-state index is 12.9. The van der Waals surface area contributed by atoms with Gasteiger partial charge in [-0.3, -0.25) is 13.9 Å². The molecule has 0 atom stereocenters. The molecule has 0 spiro atoms. The number of aryl methyl sites for hydroxylation is 2. The molecule has 1 aromatic carbocycles. The lowest BCUT2D eigenvalue weighted by Crippen LogP contribution is -2.28. The van der Waals surface area contributed by atoms with Gasteiger partial charge in [0.2, 0.25) is 0 Å². The first kappa shape index (κ1) is 21.0. The highest BCUT2D eigenvalue weighted by Gasteiger charge is 2.25. The zero-order valence-electron chi connectivity index (χ0n) is 16.3. The number of unbranched alkanes of at least 4 members (excludes halogenated alkanes) is 1. The number of esters is 1. The van der Waals surface area contributed by atoms with Crippen molar-refractivity contribution in [2.45, 2.75) is 38.5 Å². The van der Waals surface area contributed by atoms with E-state index in [1.54, 1.807) is 12.3 Å². The van der Waals surface area contributed by atoms with E-state index in [1.165, 1.54) is 46.9 Å². The molecular weight excluding hydrogens is 414 g/mol. The molecule has 0 aliphatic rings. The number of carbonyl (C=O) groups is 1. The fourth-order valence-corrected chi connectivity index (χ4v) is 4.96. The van der Waals surface area contributed by atoms with Crippen LogP contribution in [-0.4, -0.2) is 30.4 Å². The van der Waals surface area contributed by atoms with Crippen LogP contribution in [0.2, 0.25) is 0 Å². The molecule has 3 aromatic rings. The number of benzene rings is 1. The first-order valence-corrected chi connectivity index (χ1v) is 11.4. The topological polar surface area (TPSA) is 107 Å². The van der Waals surface area contributed by atoms with Crippen LogP contribution >= 0.6 is 11.3 Å². The van der Waals surface area contributed by atoms with Crippen molar-refractivity contribution in [2.24, 2.45) is 0 Å². The summed E-state index contributed by atoms with van der Waals surface area (Å²) in [5.41, 5.74) is 0.638. The standard InChI is InChI=1S/C19H21N3O5S2/c1-4-5-10-27-18(24)14-6-8-15(9-7-14)21-29(25,26)16-13(3)20-19-22(17(16)23)12(2)11-28-19/h6-9,11,21H,4-5,10H2,1-3H3. The molecule has 154 valence electrons. The Morgan fingerprint density at radius 2 is 1.93 bits per heavy atom. The minimum atomic E-state index is -4.17. The summed E-state index contributed by atoms with van der Waals surface area (Å²) >= 11 is 1.27. The summed E-state index contributed by atoms with van der Waals surface area (Å²) in [7, 11) is -4.17. The maximum Gasteiger partial charge on any atom is 0.338 e. The fraction of sp³-hybridized carbons (Fsp3) is 0.316. The third-order valence-electron chi connectivity index (χ3n) is 4.24. The normalized spacial score (nSPS) is 11.6. The van der Waals surface area contributed by atoms with Gasteiger partial charge in [0.25, 0.3) is 15.6 Å². The van der Waals surface area contributed by atoms with Gasteiger partial charge in [0.05, 0.1) is 17.9 Å². The number of aromatic nitrogens is 2. The Kier molecular flexibility index (Phi) is 6.04. The monoisotopic (exact) mass is 435 g/mol. The summed E-state index contributed by atoms with van der Waals surface area (Å²) in [5.74, 6) is -0.468. The Balaban J connectivity index is 1.87. The van der Waals surface area contributed by atoms with E-state index in [0.717, 1.165) is 12.8 Å². The fourth-order valence-electron chi connectivity index (χ4n) is 2.75. The zero-order chi connectivity index (χ0) is 21.2. The van der Waals surface area contributed by atoms with Crippen molar-refractivity contribution in [1.82, 2.24) is 9.38 Å². The number of nitrogens with one attached hydrogen (secondary N) is 1. The first-order valence-electron chi connectivity index (χ1n) is 9.02. The molecule has 29 heavy (non-hydrogen) atoms. The Labute approximate surface area is 172 Å². The predicted octanol–water partition coefficient (Wildman–Crippen LogP) is 3.13. The van der Waals surface area contributed by atoms with Crippen LogP contribution in [0.15, 0.2) is 39.3 Å². The second-order valence-corrected chi connectivity index (χ2v) is 8.95. The number of nitrogens with zero attached hydrogens (tertiary/aromatic N) is 2. The van der Waals surface area contributed by atoms with E-state index in [9.17, 15) is 18.0 Å². The van der Waals surface area contributed by atoms with Crippen molar-refractivity contribution < 1.29 is 17.9 Å². The first-order chi connectivity index (χ1) is 13.7. The van der Waals surface area contributed by atoms with Gasteiger partial charge in [-0.1, -0.05) is 13.3 Å². The third-order valence-corrected chi connectivity index (χ3v) is 6.70. The van der Waals surface area contributed by atoms with Gasteiger partial charge in [0.15, 0.2) is 9.86 Å². The number of rotatable bonds is 7. The van der Waals surface area contributed by atoms with Gasteiger partial charge in [-0.15, -0.1) is 11.3 Å². The van der Waals surface area contributed by atoms with Gasteiger partial charge < -0.3 is 4.74 Å². The van der Waals surface area contributed by atoms with E-state index in [2.05, 4.69) is 9.71 Å². The average Bonchev–Trinajstić information content (AvgIpc) is 3.02. The number of hydrogen-bond donors (Lipinski definition) is 1. The highest BCUT2D eigenvalue weighted by molar-refractivity contribution is 7.92. The van der Waals surface area contributed by atoms with E-state index < -0.39 is 26.4 Å². The molecule has 0 fully saturated rings. The van der Waals surface area contributed by atoms with Crippen LogP contribution < -0.4 is 10.3 Å². The minimum absolute atomic E-state index is 0.125. The summed E-state index contributed by atoms with van der Waals surface area (Å²) in [5, 5.41) is 1.74. The van der Waals surface area contributed by atoms with Crippen LogP contribution in [0.1, 0.15) is 41.5 Å². The van der Waals surface area contributed by atoms with Gasteiger partial charge in [-0.25, -0.2) is 18.2 Å². The van der Waals surface area contributed by atoms with Crippen molar-refractivity contribution >= 4 is 38.0 Å². The molecule has 0 saturated carbocycles. The molecule has 0 bridgehead atoms. The summed E-state index contributed by atoms with van der Waals surface area (Å²) in [6.07, 6.45) is 1.69. The number of fused-ring (bicyclic) bond motifs is 1. The van der Waals surface area contributed by atoms with Crippen LogP contribution in [0.4, 0.5) is 5.69 Å². The number of carbonyl (C=O) groups excluding carboxylic acids is 1. The number of hydrogen-bond acceptors (Lipinski definition) is 7. The van der Waals surface area contributed by atoms with Crippen molar-refractivity contribution in [2.75, 3.05) is 11.3 Å². The van der Waals surface area contributed by atoms with Gasteiger partial charge in [-0.2, -0.15) is 0 Å². The molecule has 10 heteroatoms. The highest BCUT2D eigenvalue weighted by Crippen LogP contribution is 2.19. The van der Waals surface area contributed by atoms with Crippen molar-refractivity contribution in [3.63, 3.8) is 0 Å². The SMILES string of the molecule is CCCCOC(=O)c1ccc(NS(=O)(=O)c2c(C)nc3scc(C)n3c2=O)cc1. The molecule has 0 aliphatic heterocycles. The minimum Gasteiger partial charge on any atom is -0.462 e. The summed E-state index contributed by atoms with van der Waals surface area (Å²) in [4.78, 5) is 29.0. The lowest BCUT2D eigenvalue weighted by atomic mass is 10.2. The summed E-state index contributed by atoms with van der Waals surface area (Å²) in [6.45, 7) is 5.53. The number of thiazole rings is 1. The molecule has 2 aromatic heterocycles. The number of anilines is 1. The molecule has 0 aliphatic carbocycles. The van der Waals surface area contributed by atoms with E-state index in [4.69, 9.17) is 4.74 Å². The predicted molar refractivity (Wildman–Crippen MR) is 111 cm³/mol. The summed E-state index contributed by atoms with van der Waals surface area (Å²) < 4.78 is 34.5. The van der Waals surface area contributed by atoms with Crippen LogP contribution in [0.25, 0.3) is 4.96 Å². The molecule has 0 amide bonds. The zero-order valence-corrected chi connectivity index (χ0v) is 17.9. The Morgan fingerprint density at radius 1 is 1.24 bits per heavy atom. The molecule has 0 radical (unpaired) electrons. The van der Waals surface area contributed by atoms with Gasteiger partial charge in [-0.05, 0) is 44.5 Å². The van der Waals surface area contributed by atoms with E-state index in [-0.39, 0.29) is 11.4 Å². The number of sulfonamides is 1. The van der Waals surface area contributed by atoms with E-state index in [0.29, 0.717) is 22.8 Å². The van der Waals surface area contributed by atoms with Crippen LogP contribution in [0.5, 0.6) is 0 Å². The third kappa shape index (κ3) is 4.33. The molecule has 1 N–H and O–H groups in total. The van der Waals surface area contributed by atoms with Gasteiger partial charge in [0, 0.05) is 16.8 Å². The Hall–Kier alpha value is -2.72. The molecule has 0 unspecified atom stereocenters. The average molecular weight is 436 g/mol. The van der Waals surface area contributed by atoms with Crippen molar-refractivity contribution in [1.29, 1.82) is 0 Å².